The zero-order valence-electron chi connectivity index (χ0n) is 10.8. The van der Waals surface area contributed by atoms with Crippen molar-refractivity contribution in [3.05, 3.63) is 35.4 Å². The third-order valence-electron chi connectivity index (χ3n) is 2.89. The molecule has 0 aliphatic heterocycles. The van der Waals surface area contributed by atoms with Gasteiger partial charge in [0.25, 0.3) is 0 Å². The molecule has 0 fully saturated rings. The molecule has 2 N–H and O–H groups in total. The van der Waals surface area contributed by atoms with Crippen molar-refractivity contribution in [2.45, 2.75) is 13.0 Å². The second-order valence-electron chi connectivity index (χ2n) is 4.07. The molecule has 1 atom stereocenters. The second kappa shape index (κ2) is 7.41. The van der Waals surface area contributed by atoms with Crippen LogP contribution in [0.25, 0.3) is 0 Å². The van der Waals surface area contributed by atoms with Crippen LogP contribution >= 0.6 is 0 Å². The van der Waals surface area contributed by atoms with E-state index in [0.717, 1.165) is 6.07 Å². The van der Waals surface area contributed by atoms with Crippen molar-refractivity contribution in [1.29, 1.82) is 0 Å². The van der Waals surface area contributed by atoms with Crippen LogP contribution in [-0.2, 0) is 4.74 Å². The number of benzene rings is 1. The summed E-state index contributed by atoms with van der Waals surface area (Å²) in [6.45, 7) is 3.93. The smallest absolute Gasteiger partial charge is 0.163 e. The Morgan fingerprint density at radius 3 is 2.72 bits per heavy atom. The minimum atomic E-state index is -0.843. The highest BCUT2D eigenvalue weighted by molar-refractivity contribution is 5.23. The van der Waals surface area contributed by atoms with Crippen LogP contribution in [0.15, 0.2) is 18.2 Å². The second-order valence-corrected chi connectivity index (χ2v) is 4.07. The van der Waals surface area contributed by atoms with E-state index in [1.54, 1.807) is 6.07 Å². The van der Waals surface area contributed by atoms with Crippen LogP contribution in [0.2, 0.25) is 0 Å². The summed E-state index contributed by atoms with van der Waals surface area (Å²) >= 11 is 0. The van der Waals surface area contributed by atoms with Gasteiger partial charge in [0.15, 0.2) is 11.6 Å². The molecule has 0 saturated heterocycles. The highest BCUT2D eigenvalue weighted by atomic mass is 19.2. The lowest BCUT2D eigenvalue weighted by molar-refractivity contribution is 0.107. The van der Waals surface area contributed by atoms with Gasteiger partial charge in [0.1, 0.15) is 0 Å². The summed E-state index contributed by atoms with van der Waals surface area (Å²) in [5, 5.41) is 0. The van der Waals surface area contributed by atoms with E-state index in [4.69, 9.17) is 10.5 Å². The van der Waals surface area contributed by atoms with Crippen LogP contribution in [0.3, 0.4) is 0 Å². The number of hydrogen-bond acceptors (Lipinski definition) is 3. The van der Waals surface area contributed by atoms with Gasteiger partial charge in [-0.05, 0) is 20.0 Å². The first-order chi connectivity index (χ1) is 8.61. The van der Waals surface area contributed by atoms with E-state index in [1.165, 1.54) is 6.07 Å². The fraction of sp³-hybridized carbons (Fsp3) is 0.538. The molecule has 18 heavy (non-hydrogen) atoms. The van der Waals surface area contributed by atoms with Gasteiger partial charge in [-0.2, -0.15) is 0 Å². The van der Waals surface area contributed by atoms with Gasteiger partial charge in [-0.1, -0.05) is 12.1 Å². The lowest BCUT2D eigenvalue weighted by Gasteiger charge is -2.27. The van der Waals surface area contributed by atoms with E-state index in [1.807, 2.05) is 18.9 Å². The number of likely N-dealkylation sites (N-methyl/N-ethyl adjacent to an activating group) is 1. The molecule has 0 aromatic heterocycles. The minimum absolute atomic E-state index is 0.225. The molecule has 0 heterocycles. The van der Waals surface area contributed by atoms with Gasteiger partial charge in [-0.15, -0.1) is 0 Å². The van der Waals surface area contributed by atoms with Crippen molar-refractivity contribution >= 4 is 0 Å². The molecule has 1 rings (SSSR count). The predicted molar refractivity (Wildman–Crippen MR) is 67.3 cm³/mol. The van der Waals surface area contributed by atoms with Gasteiger partial charge in [-0.25, -0.2) is 8.78 Å². The average Bonchev–Trinajstić information content (AvgIpc) is 2.36. The number of nitrogens with zero attached hydrogens (tertiary/aromatic N) is 1. The van der Waals surface area contributed by atoms with Crippen molar-refractivity contribution in [3.63, 3.8) is 0 Å². The van der Waals surface area contributed by atoms with Crippen LogP contribution in [0.4, 0.5) is 8.78 Å². The maximum Gasteiger partial charge on any atom is 0.163 e. The van der Waals surface area contributed by atoms with E-state index >= 15 is 0 Å². The molecule has 102 valence electrons. The Balaban J connectivity index is 2.78. The summed E-state index contributed by atoms with van der Waals surface area (Å²) in [5.41, 5.74) is 5.95. The SMILES string of the molecule is CCOCCN(C)C(CN)c1cccc(F)c1F. The summed E-state index contributed by atoms with van der Waals surface area (Å²) in [7, 11) is 1.82. The molecule has 5 heteroatoms. The fourth-order valence-electron chi connectivity index (χ4n) is 1.83. The third-order valence-corrected chi connectivity index (χ3v) is 2.89. The normalized spacial score (nSPS) is 13.0. The molecule has 0 radical (unpaired) electrons. The van der Waals surface area contributed by atoms with Crippen molar-refractivity contribution in [3.8, 4) is 0 Å². The highest BCUT2D eigenvalue weighted by Crippen LogP contribution is 2.22. The predicted octanol–water partition coefficient (Wildman–Crippen LogP) is 1.93. The van der Waals surface area contributed by atoms with Crippen molar-refractivity contribution < 1.29 is 13.5 Å². The summed E-state index contributed by atoms with van der Waals surface area (Å²) in [5.74, 6) is -1.67. The molecular formula is C13H20F2N2O. The molecule has 1 aromatic rings. The molecule has 1 unspecified atom stereocenters. The molecule has 1 aromatic carbocycles. The Kier molecular flexibility index (Phi) is 6.18. The zero-order valence-corrected chi connectivity index (χ0v) is 10.8. The summed E-state index contributed by atoms with van der Waals surface area (Å²) < 4.78 is 32.1. The molecule has 0 amide bonds. The average molecular weight is 258 g/mol. The van der Waals surface area contributed by atoms with Crippen LogP contribution in [0.1, 0.15) is 18.5 Å². The third kappa shape index (κ3) is 3.73. The maximum atomic E-state index is 13.7. The van der Waals surface area contributed by atoms with Crippen LogP contribution in [0.5, 0.6) is 0 Å². The van der Waals surface area contributed by atoms with Crippen molar-refractivity contribution in [2.75, 3.05) is 33.4 Å². The molecule has 0 bridgehead atoms. The van der Waals surface area contributed by atoms with E-state index < -0.39 is 11.6 Å². The van der Waals surface area contributed by atoms with E-state index in [2.05, 4.69) is 0 Å². The standard InChI is InChI=1S/C13H20F2N2O/c1-3-18-8-7-17(2)12(9-16)10-5-4-6-11(14)13(10)15/h4-6,12H,3,7-9,16H2,1-2H3. The Labute approximate surface area is 107 Å². The monoisotopic (exact) mass is 258 g/mol. The van der Waals surface area contributed by atoms with Crippen molar-refractivity contribution in [2.24, 2.45) is 5.73 Å². The summed E-state index contributed by atoms with van der Waals surface area (Å²) in [4.78, 5) is 1.87. The van der Waals surface area contributed by atoms with Crippen molar-refractivity contribution in [1.82, 2.24) is 4.90 Å². The first kappa shape index (κ1) is 15.0. The topological polar surface area (TPSA) is 38.5 Å². The first-order valence-corrected chi connectivity index (χ1v) is 6.03. The van der Waals surface area contributed by atoms with E-state index in [9.17, 15) is 8.78 Å². The molecule has 0 aliphatic rings. The van der Waals surface area contributed by atoms with Gasteiger partial charge in [0, 0.05) is 31.3 Å². The van der Waals surface area contributed by atoms with Crippen LogP contribution in [-0.4, -0.2) is 38.3 Å². The fourth-order valence-corrected chi connectivity index (χ4v) is 1.83. The maximum absolute atomic E-state index is 13.7. The van der Waals surface area contributed by atoms with E-state index in [-0.39, 0.29) is 18.2 Å². The molecule has 3 nitrogen and oxygen atoms in total. The van der Waals surface area contributed by atoms with Gasteiger partial charge in [-0.3, -0.25) is 4.90 Å². The van der Waals surface area contributed by atoms with Crippen LogP contribution < -0.4 is 5.73 Å². The summed E-state index contributed by atoms with van der Waals surface area (Å²) in [6.07, 6.45) is 0. The van der Waals surface area contributed by atoms with Gasteiger partial charge in [0.2, 0.25) is 0 Å². The minimum Gasteiger partial charge on any atom is -0.380 e. The molecule has 0 spiro atoms. The molecular weight excluding hydrogens is 238 g/mol. The lowest BCUT2D eigenvalue weighted by Crippen LogP contribution is -2.33. The highest BCUT2D eigenvalue weighted by Gasteiger charge is 2.20. The van der Waals surface area contributed by atoms with E-state index in [0.29, 0.717) is 19.8 Å². The van der Waals surface area contributed by atoms with Crippen LogP contribution in [0, 0.1) is 11.6 Å². The number of nitrogens with two attached hydrogens (primary N) is 1. The first-order valence-electron chi connectivity index (χ1n) is 6.03. The van der Waals surface area contributed by atoms with Gasteiger partial charge in [0.05, 0.1) is 6.61 Å². The van der Waals surface area contributed by atoms with Gasteiger partial charge >= 0.3 is 0 Å². The lowest BCUT2D eigenvalue weighted by atomic mass is 10.0. The number of halogens is 2. The molecule has 0 aliphatic carbocycles. The van der Waals surface area contributed by atoms with Gasteiger partial charge < -0.3 is 10.5 Å². The number of hydrogen-bond donors (Lipinski definition) is 1. The number of ether oxygens (including phenoxy) is 1. The Hall–Kier alpha value is -1.04. The quantitative estimate of drug-likeness (QED) is 0.760. The number of rotatable bonds is 7. The Morgan fingerprint density at radius 2 is 2.11 bits per heavy atom. The molecule has 0 saturated carbocycles. The Bertz CT molecular complexity index is 374. The largest absolute Gasteiger partial charge is 0.380 e. The summed E-state index contributed by atoms with van der Waals surface area (Å²) in [6, 6.07) is 3.81. The zero-order chi connectivity index (χ0) is 13.5. The Morgan fingerprint density at radius 1 is 1.39 bits per heavy atom.